The summed E-state index contributed by atoms with van der Waals surface area (Å²) in [5.41, 5.74) is 2.31. The van der Waals surface area contributed by atoms with Gasteiger partial charge in [0.2, 0.25) is 5.91 Å². The third-order valence-electron chi connectivity index (χ3n) is 3.34. The second kappa shape index (κ2) is 7.23. The highest BCUT2D eigenvalue weighted by Crippen LogP contribution is 2.18. The van der Waals surface area contributed by atoms with Crippen LogP contribution in [-0.4, -0.2) is 15.5 Å². The van der Waals surface area contributed by atoms with E-state index in [1.807, 2.05) is 42.5 Å². The molecule has 0 atom stereocenters. The molecule has 2 aromatic carbocycles. The Morgan fingerprint density at radius 1 is 0.917 bits per heavy atom. The number of benzene rings is 2. The summed E-state index contributed by atoms with van der Waals surface area (Å²) in [5, 5.41) is 6.02. The fourth-order valence-corrected chi connectivity index (χ4v) is 2.18. The number of hydrogen-bond donors (Lipinski definition) is 2. The summed E-state index contributed by atoms with van der Waals surface area (Å²) in [7, 11) is 0. The first kappa shape index (κ1) is 15.5. The first-order valence-corrected chi connectivity index (χ1v) is 7.43. The van der Waals surface area contributed by atoms with Crippen molar-refractivity contribution in [3.05, 3.63) is 83.5 Å². The number of anilines is 3. The van der Waals surface area contributed by atoms with Crippen molar-refractivity contribution >= 4 is 23.0 Å². The van der Waals surface area contributed by atoms with Crippen LogP contribution in [0.4, 0.5) is 17.1 Å². The Balaban J connectivity index is 1.61. The molecule has 120 valence electrons. The number of aromatic nitrogens is 2. The lowest BCUT2D eigenvalue weighted by Crippen LogP contribution is -2.26. The maximum absolute atomic E-state index is 12.0. The van der Waals surface area contributed by atoms with Crippen molar-refractivity contribution in [3.63, 3.8) is 0 Å². The van der Waals surface area contributed by atoms with E-state index in [2.05, 4.69) is 15.6 Å². The van der Waals surface area contributed by atoms with E-state index in [4.69, 9.17) is 0 Å². The van der Waals surface area contributed by atoms with Gasteiger partial charge in [-0.1, -0.05) is 18.2 Å². The summed E-state index contributed by atoms with van der Waals surface area (Å²) < 4.78 is 1.25. The molecule has 0 saturated heterocycles. The summed E-state index contributed by atoms with van der Waals surface area (Å²) in [4.78, 5) is 27.4. The maximum atomic E-state index is 12.0. The molecular weight excluding hydrogens is 304 g/mol. The molecule has 0 spiro atoms. The minimum absolute atomic E-state index is 0.0727. The van der Waals surface area contributed by atoms with E-state index in [-0.39, 0.29) is 18.0 Å². The summed E-state index contributed by atoms with van der Waals surface area (Å²) in [6.45, 7) is -0.0727. The van der Waals surface area contributed by atoms with Gasteiger partial charge in [-0.25, -0.2) is 4.98 Å². The van der Waals surface area contributed by atoms with Crippen molar-refractivity contribution in [1.82, 2.24) is 9.55 Å². The van der Waals surface area contributed by atoms with E-state index in [0.717, 1.165) is 11.4 Å². The average Bonchev–Trinajstić information content (AvgIpc) is 2.60. The molecule has 0 aliphatic carbocycles. The minimum Gasteiger partial charge on any atom is -0.356 e. The third kappa shape index (κ3) is 4.07. The predicted octanol–water partition coefficient (Wildman–Crippen LogP) is 2.63. The van der Waals surface area contributed by atoms with E-state index in [9.17, 15) is 9.59 Å². The monoisotopic (exact) mass is 320 g/mol. The van der Waals surface area contributed by atoms with Gasteiger partial charge in [-0.3, -0.25) is 14.2 Å². The summed E-state index contributed by atoms with van der Waals surface area (Å²) in [6, 6.07) is 18.5. The van der Waals surface area contributed by atoms with Crippen LogP contribution in [0.15, 0.2) is 78.0 Å². The molecule has 24 heavy (non-hydrogen) atoms. The van der Waals surface area contributed by atoms with Crippen molar-refractivity contribution in [2.75, 3.05) is 10.6 Å². The molecule has 1 heterocycles. The van der Waals surface area contributed by atoms with Gasteiger partial charge in [0.25, 0.3) is 5.56 Å². The lowest BCUT2D eigenvalue weighted by atomic mass is 10.2. The number of nitrogens with one attached hydrogen (secondary N) is 2. The van der Waals surface area contributed by atoms with Gasteiger partial charge in [-0.15, -0.1) is 0 Å². The average molecular weight is 320 g/mol. The molecule has 0 unspecified atom stereocenters. The predicted molar refractivity (Wildman–Crippen MR) is 93.3 cm³/mol. The lowest BCUT2D eigenvalue weighted by Gasteiger charge is -2.09. The molecule has 0 fully saturated rings. The Morgan fingerprint density at radius 3 is 2.29 bits per heavy atom. The molecule has 2 N–H and O–H groups in total. The molecule has 0 bridgehead atoms. The SMILES string of the molecule is O=C(Cn1cnccc1=O)Nc1ccc(Nc2ccccc2)cc1. The zero-order chi connectivity index (χ0) is 16.8. The molecule has 0 aliphatic heterocycles. The first-order valence-electron chi connectivity index (χ1n) is 7.43. The van der Waals surface area contributed by atoms with Crippen LogP contribution in [-0.2, 0) is 11.3 Å². The van der Waals surface area contributed by atoms with Crippen LogP contribution in [0, 0.1) is 0 Å². The molecule has 0 aliphatic rings. The molecule has 3 aromatic rings. The maximum Gasteiger partial charge on any atom is 0.253 e. The highest BCUT2D eigenvalue weighted by Gasteiger charge is 2.05. The highest BCUT2D eigenvalue weighted by atomic mass is 16.2. The quantitative estimate of drug-likeness (QED) is 0.758. The smallest absolute Gasteiger partial charge is 0.253 e. The lowest BCUT2D eigenvalue weighted by molar-refractivity contribution is -0.116. The van der Waals surface area contributed by atoms with E-state index >= 15 is 0 Å². The van der Waals surface area contributed by atoms with Gasteiger partial charge in [0, 0.05) is 29.3 Å². The normalized spacial score (nSPS) is 10.2. The molecule has 1 amide bonds. The van der Waals surface area contributed by atoms with Crippen LogP contribution < -0.4 is 16.2 Å². The Kier molecular flexibility index (Phi) is 4.67. The second-order valence-electron chi connectivity index (χ2n) is 5.16. The first-order chi connectivity index (χ1) is 11.7. The Morgan fingerprint density at radius 2 is 1.58 bits per heavy atom. The Bertz CT molecular complexity index is 873. The minimum atomic E-state index is -0.283. The van der Waals surface area contributed by atoms with E-state index < -0.39 is 0 Å². The van der Waals surface area contributed by atoms with Gasteiger partial charge in [-0.2, -0.15) is 0 Å². The number of carbonyl (C=O) groups is 1. The second-order valence-corrected chi connectivity index (χ2v) is 5.16. The van der Waals surface area contributed by atoms with Gasteiger partial charge in [0.05, 0.1) is 6.33 Å². The molecular formula is C18H16N4O2. The zero-order valence-electron chi connectivity index (χ0n) is 12.8. The van der Waals surface area contributed by atoms with Crippen molar-refractivity contribution in [2.45, 2.75) is 6.54 Å². The molecule has 6 nitrogen and oxygen atoms in total. The molecule has 0 saturated carbocycles. The fraction of sp³-hybridized carbons (Fsp3) is 0.0556. The van der Waals surface area contributed by atoms with Crippen LogP contribution in [0.1, 0.15) is 0 Å². The van der Waals surface area contributed by atoms with Crippen molar-refractivity contribution in [1.29, 1.82) is 0 Å². The fourth-order valence-electron chi connectivity index (χ4n) is 2.18. The summed E-state index contributed by atoms with van der Waals surface area (Å²) >= 11 is 0. The number of nitrogens with zero attached hydrogens (tertiary/aromatic N) is 2. The number of amides is 1. The van der Waals surface area contributed by atoms with Crippen LogP contribution in [0.3, 0.4) is 0 Å². The topological polar surface area (TPSA) is 76.0 Å². The van der Waals surface area contributed by atoms with Crippen molar-refractivity contribution in [3.8, 4) is 0 Å². The van der Waals surface area contributed by atoms with Gasteiger partial charge in [-0.05, 0) is 36.4 Å². The van der Waals surface area contributed by atoms with Crippen LogP contribution >= 0.6 is 0 Å². The largest absolute Gasteiger partial charge is 0.356 e. The van der Waals surface area contributed by atoms with Gasteiger partial charge >= 0.3 is 0 Å². The van der Waals surface area contributed by atoms with E-state index in [0.29, 0.717) is 5.69 Å². The van der Waals surface area contributed by atoms with Gasteiger partial charge < -0.3 is 10.6 Å². The van der Waals surface area contributed by atoms with Gasteiger partial charge in [0.1, 0.15) is 6.54 Å². The van der Waals surface area contributed by atoms with Crippen LogP contribution in [0.25, 0.3) is 0 Å². The molecule has 1 aromatic heterocycles. The number of para-hydroxylation sites is 1. The Labute approximate surface area is 138 Å². The summed E-state index contributed by atoms with van der Waals surface area (Å²) in [5.74, 6) is -0.283. The van der Waals surface area contributed by atoms with Crippen LogP contribution in [0.2, 0.25) is 0 Å². The van der Waals surface area contributed by atoms with E-state index in [1.54, 1.807) is 12.1 Å². The molecule has 0 radical (unpaired) electrons. The standard InChI is InChI=1S/C18H16N4O2/c23-17(12-22-13-19-11-10-18(22)24)21-16-8-6-15(7-9-16)20-14-4-2-1-3-5-14/h1-11,13,20H,12H2,(H,21,23). The molecule has 6 heteroatoms. The van der Waals surface area contributed by atoms with Crippen LogP contribution in [0.5, 0.6) is 0 Å². The summed E-state index contributed by atoms with van der Waals surface area (Å²) in [6.07, 6.45) is 2.74. The van der Waals surface area contributed by atoms with Gasteiger partial charge in [0.15, 0.2) is 0 Å². The Hall–Kier alpha value is -3.41. The number of hydrogen-bond acceptors (Lipinski definition) is 4. The highest BCUT2D eigenvalue weighted by molar-refractivity contribution is 5.90. The zero-order valence-corrected chi connectivity index (χ0v) is 12.8. The number of rotatable bonds is 5. The third-order valence-corrected chi connectivity index (χ3v) is 3.34. The van der Waals surface area contributed by atoms with Crippen molar-refractivity contribution < 1.29 is 4.79 Å². The molecule has 3 rings (SSSR count). The van der Waals surface area contributed by atoms with Crippen molar-refractivity contribution in [2.24, 2.45) is 0 Å². The van der Waals surface area contributed by atoms with E-state index in [1.165, 1.54) is 23.2 Å². The number of carbonyl (C=O) groups excluding carboxylic acids is 1.